The van der Waals surface area contributed by atoms with Crippen molar-refractivity contribution in [2.75, 3.05) is 17.6 Å². The number of nitrogens with zero attached hydrogens (tertiary/aromatic N) is 1. The van der Waals surface area contributed by atoms with E-state index in [2.05, 4.69) is 15.6 Å². The van der Waals surface area contributed by atoms with Crippen LogP contribution in [0.1, 0.15) is 5.56 Å². The molecule has 1 aromatic carbocycles. The van der Waals surface area contributed by atoms with Crippen molar-refractivity contribution in [2.24, 2.45) is 0 Å². The normalized spacial score (nSPS) is 9.89. The first-order chi connectivity index (χ1) is 9.25. The maximum atomic E-state index is 11.7. The van der Waals surface area contributed by atoms with Crippen LogP contribution >= 0.6 is 0 Å². The van der Waals surface area contributed by atoms with Crippen molar-refractivity contribution >= 4 is 17.3 Å². The summed E-state index contributed by atoms with van der Waals surface area (Å²) in [4.78, 5) is 15.6. The fourth-order valence-electron chi connectivity index (χ4n) is 1.60. The van der Waals surface area contributed by atoms with Gasteiger partial charge in [0.2, 0.25) is 5.91 Å². The van der Waals surface area contributed by atoms with Crippen LogP contribution in [-0.4, -0.2) is 17.4 Å². The van der Waals surface area contributed by atoms with Crippen LogP contribution in [0.3, 0.4) is 0 Å². The first-order valence-corrected chi connectivity index (χ1v) is 5.99. The summed E-state index contributed by atoms with van der Waals surface area (Å²) >= 11 is 0. The summed E-state index contributed by atoms with van der Waals surface area (Å²) < 4.78 is 0. The number of nitrogens with two attached hydrogens (primary N) is 1. The standard InChI is InChI=1S/C14H16N4O/c15-12-9-16-7-6-13(12)17-10-14(19)18-8-11-4-2-1-3-5-11/h1-7,9H,8,10,15H2,(H,16,17)(H,18,19). The average molecular weight is 256 g/mol. The second-order valence-electron chi connectivity index (χ2n) is 4.08. The van der Waals surface area contributed by atoms with Gasteiger partial charge >= 0.3 is 0 Å². The maximum Gasteiger partial charge on any atom is 0.239 e. The lowest BCUT2D eigenvalue weighted by Gasteiger charge is -2.09. The Labute approximate surface area is 111 Å². The van der Waals surface area contributed by atoms with Gasteiger partial charge in [-0.1, -0.05) is 30.3 Å². The van der Waals surface area contributed by atoms with Crippen molar-refractivity contribution in [3.05, 3.63) is 54.4 Å². The zero-order valence-corrected chi connectivity index (χ0v) is 10.5. The number of benzene rings is 1. The van der Waals surface area contributed by atoms with Crippen LogP contribution in [0, 0.1) is 0 Å². The van der Waals surface area contributed by atoms with Crippen molar-refractivity contribution < 1.29 is 4.79 Å². The molecule has 1 amide bonds. The van der Waals surface area contributed by atoms with Crippen LogP contribution in [0.4, 0.5) is 11.4 Å². The van der Waals surface area contributed by atoms with Crippen LogP contribution < -0.4 is 16.4 Å². The Hall–Kier alpha value is -2.56. The SMILES string of the molecule is Nc1cnccc1NCC(=O)NCc1ccccc1. The Bertz CT molecular complexity index is 542. The van der Waals surface area contributed by atoms with Gasteiger partial charge in [0.1, 0.15) is 0 Å². The summed E-state index contributed by atoms with van der Waals surface area (Å²) in [6, 6.07) is 11.5. The van der Waals surface area contributed by atoms with Crippen LogP contribution in [0.15, 0.2) is 48.8 Å². The highest BCUT2D eigenvalue weighted by atomic mass is 16.1. The third kappa shape index (κ3) is 3.99. The van der Waals surface area contributed by atoms with Gasteiger partial charge in [0.15, 0.2) is 0 Å². The maximum absolute atomic E-state index is 11.7. The van der Waals surface area contributed by atoms with Gasteiger partial charge in [-0.05, 0) is 11.6 Å². The highest BCUT2D eigenvalue weighted by Crippen LogP contribution is 2.14. The van der Waals surface area contributed by atoms with E-state index in [-0.39, 0.29) is 12.5 Å². The molecule has 4 N–H and O–H groups in total. The van der Waals surface area contributed by atoms with Crippen LogP contribution in [0.25, 0.3) is 0 Å². The van der Waals surface area contributed by atoms with Gasteiger partial charge in [0.05, 0.1) is 24.1 Å². The number of nitrogen functional groups attached to an aromatic ring is 1. The molecule has 0 atom stereocenters. The predicted octanol–water partition coefficient (Wildman–Crippen LogP) is 1.39. The number of hydrogen-bond acceptors (Lipinski definition) is 4. The molecule has 0 spiro atoms. The Morgan fingerprint density at radius 2 is 2.00 bits per heavy atom. The number of rotatable bonds is 5. The molecule has 0 aliphatic carbocycles. The number of amides is 1. The zero-order valence-electron chi connectivity index (χ0n) is 10.5. The molecule has 5 nitrogen and oxygen atoms in total. The summed E-state index contributed by atoms with van der Waals surface area (Å²) in [5.41, 5.74) is 8.02. The van der Waals surface area contributed by atoms with Gasteiger partial charge in [-0.2, -0.15) is 0 Å². The highest BCUT2D eigenvalue weighted by Gasteiger charge is 2.02. The number of aromatic nitrogens is 1. The van der Waals surface area contributed by atoms with E-state index in [1.54, 1.807) is 18.5 Å². The fourth-order valence-corrected chi connectivity index (χ4v) is 1.60. The molecule has 0 aliphatic heterocycles. The second kappa shape index (κ2) is 6.39. The molecular weight excluding hydrogens is 240 g/mol. The largest absolute Gasteiger partial charge is 0.396 e. The monoisotopic (exact) mass is 256 g/mol. The van der Waals surface area contributed by atoms with Gasteiger partial charge < -0.3 is 16.4 Å². The van der Waals surface area contributed by atoms with Crippen molar-refractivity contribution in [1.82, 2.24) is 10.3 Å². The Morgan fingerprint density at radius 3 is 2.74 bits per heavy atom. The molecule has 0 aliphatic rings. The number of hydrogen-bond donors (Lipinski definition) is 3. The minimum atomic E-state index is -0.0833. The minimum absolute atomic E-state index is 0.0833. The molecule has 0 fully saturated rings. The van der Waals surface area contributed by atoms with E-state index in [4.69, 9.17) is 5.73 Å². The predicted molar refractivity (Wildman–Crippen MR) is 75.4 cm³/mol. The van der Waals surface area contributed by atoms with E-state index in [1.165, 1.54) is 0 Å². The third-order valence-corrected chi connectivity index (χ3v) is 2.62. The minimum Gasteiger partial charge on any atom is -0.396 e. The second-order valence-corrected chi connectivity index (χ2v) is 4.08. The molecule has 2 aromatic rings. The molecule has 2 rings (SSSR count). The molecule has 1 aromatic heterocycles. The Kier molecular flexibility index (Phi) is 4.34. The van der Waals surface area contributed by atoms with Crippen molar-refractivity contribution in [1.29, 1.82) is 0 Å². The Balaban J connectivity index is 1.78. The molecule has 0 saturated heterocycles. The van der Waals surface area contributed by atoms with Gasteiger partial charge in [-0.15, -0.1) is 0 Å². The van der Waals surface area contributed by atoms with E-state index in [0.717, 1.165) is 5.56 Å². The molecule has 5 heteroatoms. The molecule has 19 heavy (non-hydrogen) atoms. The quantitative estimate of drug-likeness (QED) is 0.755. The Morgan fingerprint density at radius 1 is 1.21 bits per heavy atom. The van der Waals surface area contributed by atoms with Crippen LogP contribution in [0.2, 0.25) is 0 Å². The van der Waals surface area contributed by atoms with Crippen LogP contribution in [-0.2, 0) is 11.3 Å². The number of carbonyl (C=O) groups excluding carboxylic acids is 1. The lowest BCUT2D eigenvalue weighted by molar-refractivity contribution is -0.119. The number of nitrogens with one attached hydrogen (secondary N) is 2. The summed E-state index contributed by atoms with van der Waals surface area (Å²) in [6.45, 7) is 0.703. The first-order valence-electron chi connectivity index (χ1n) is 5.99. The molecule has 0 saturated carbocycles. The number of pyridine rings is 1. The average Bonchev–Trinajstić information content (AvgIpc) is 2.45. The third-order valence-electron chi connectivity index (χ3n) is 2.62. The van der Waals surface area contributed by atoms with Crippen molar-refractivity contribution in [2.45, 2.75) is 6.54 Å². The molecule has 0 radical (unpaired) electrons. The summed E-state index contributed by atoms with van der Waals surface area (Å²) in [5, 5.41) is 5.80. The summed E-state index contributed by atoms with van der Waals surface area (Å²) in [6.07, 6.45) is 3.17. The smallest absolute Gasteiger partial charge is 0.239 e. The van der Waals surface area contributed by atoms with Crippen molar-refractivity contribution in [3.63, 3.8) is 0 Å². The van der Waals surface area contributed by atoms with E-state index < -0.39 is 0 Å². The van der Waals surface area contributed by atoms with Gasteiger partial charge in [-0.25, -0.2) is 0 Å². The highest BCUT2D eigenvalue weighted by molar-refractivity contribution is 5.81. The van der Waals surface area contributed by atoms with E-state index >= 15 is 0 Å². The molecule has 98 valence electrons. The zero-order chi connectivity index (χ0) is 13.5. The number of anilines is 2. The van der Waals surface area contributed by atoms with Gasteiger partial charge in [0.25, 0.3) is 0 Å². The van der Waals surface area contributed by atoms with Gasteiger partial charge in [0, 0.05) is 12.7 Å². The fraction of sp³-hybridized carbons (Fsp3) is 0.143. The van der Waals surface area contributed by atoms with Gasteiger partial charge in [-0.3, -0.25) is 9.78 Å². The number of carbonyl (C=O) groups is 1. The summed E-state index contributed by atoms with van der Waals surface area (Å²) in [5.74, 6) is -0.0833. The lowest BCUT2D eigenvalue weighted by Crippen LogP contribution is -2.29. The topological polar surface area (TPSA) is 80.0 Å². The summed E-state index contributed by atoms with van der Waals surface area (Å²) in [7, 11) is 0. The molecular formula is C14H16N4O. The van der Waals surface area contributed by atoms with Crippen molar-refractivity contribution in [3.8, 4) is 0 Å². The first kappa shape index (κ1) is 12.9. The van der Waals surface area contributed by atoms with E-state index in [0.29, 0.717) is 17.9 Å². The van der Waals surface area contributed by atoms with E-state index in [1.807, 2.05) is 30.3 Å². The molecule has 0 bridgehead atoms. The van der Waals surface area contributed by atoms with Crippen LogP contribution in [0.5, 0.6) is 0 Å². The van der Waals surface area contributed by atoms with E-state index in [9.17, 15) is 4.79 Å². The lowest BCUT2D eigenvalue weighted by atomic mass is 10.2. The molecule has 0 unspecified atom stereocenters. The molecule has 1 heterocycles.